The fourth-order valence-electron chi connectivity index (χ4n) is 2.78. The quantitative estimate of drug-likeness (QED) is 0.840. The third-order valence-corrected chi connectivity index (χ3v) is 4.50. The van der Waals surface area contributed by atoms with Gasteiger partial charge in [0.15, 0.2) is 0 Å². The van der Waals surface area contributed by atoms with Crippen molar-refractivity contribution >= 4 is 0 Å². The van der Waals surface area contributed by atoms with Crippen LogP contribution >= 0.6 is 0 Å². The first kappa shape index (κ1) is 16.4. The van der Waals surface area contributed by atoms with E-state index in [4.69, 9.17) is 5.73 Å². The van der Waals surface area contributed by atoms with Crippen LogP contribution in [0.1, 0.15) is 83.5 Å². The van der Waals surface area contributed by atoms with Crippen molar-refractivity contribution < 1.29 is 5.11 Å². The second-order valence-corrected chi connectivity index (χ2v) is 8.75. The summed E-state index contributed by atoms with van der Waals surface area (Å²) < 4.78 is 0. The van der Waals surface area contributed by atoms with Crippen LogP contribution in [0.4, 0.5) is 0 Å². The molecule has 0 bridgehead atoms. The molecule has 1 saturated carbocycles. The van der Waals surface area contributed by atoms with Crippen molar-refractivity contribution in [3.05, 3.63) is 28.8 Å². The summed E-state index contributed by atoms with van der Waals surface area (Å²) >= 11 is 0. The number of hydrogen-bond donors (Lipinski definition) is 2. The Balaban J connectivity index is 2.51. The van der Waals surface area contributed by atoms with Crippen molar-refractivity contribution in [2.45, 2.75) is 77.7 Å². The van der Waals surface area contributed by atoms with Gasteiger partial charge in [-0.2, -0.15) is 0 Å². The molecule has 1 aliphatic rings. The SMILES string of the molecule is CC(C)(C)c1cc([C@H](N)CC2CC2)c(O)c(C(C)(C)C)c1. The Morgan fingerprint density at radius 2 is 1.67 bits per heavy atom. The van der Waals surface area contributed by atoms with E-state index in [0.717, 1.165) is 23.5 Å². The molecule has 0 radical (unpaired) electrons. The van der Waals surface area contributed by atoms with Crippen LogP contribution in [0.5, 0.6) is 5.75 Å². The molecule has 1 aliphatic carbocycles. The van der Waals surface area contributed by atoms with Gasteiger partial charge in [-0.05, 0) is 40.4 Å². The van der Waals surface area contributed by atoms with E-state index in [2.05, 4.69) is 53.7 Å². The van der Waals surface area contributed by atoms with E-state index < -0.39 is 0 Å². The number of aromatic hydroxyl groups is 1. The Morgan fingerprint density at radius 1 is 1.10 bits per heavy atom. The molecule has 21 heavy (non-hydrogen) atoms. The van der Waals surface area contributed by atoms with Crippen molar-refractivity contribution in [2.75, 3.05) is 0 Å². The minimum Gasteiger partial charge on any atom is -0.507 e. The molecule has 0 saturated heterocycles. The molecular formula is C19H31NO. The monoisotopic (exact) mass is 289 g/mol. The van der Waals surface area contributed by atoms with E-state index in [0.29, 0.717) is 5.75 Å². The molecule has 0 spiro atoms. The molecule has 1 fully saturated rings. The third kappa shape index (κ3) is 3.79. The Morgan fingerprint density at radius 3 is 2.10 bits per heavy atom. The fraction of sp³-hybridized carbons (Fsp3) is 0.684. The van der Waals surface area contributed by atoms with E-state index in [9.17, 15) is 5.11 Å². The van der Waals surface area contributed by atoms with E-state index >= 15 is 0 Å². The molecular weight excluding hydrogens is 258 g/mol. The Labute approximate surface area is 129 Å². The van der Waals surface area contributed by atoms with Gasteiger partial charge in [0.25, 0.3) is 0 Å². The predicted molar refractivity (Wildman–Crippen MR) is 89.8 cm³/mol. The van der Waals surface area contributed by atoms with Crippen LogP contribution in [0.3, 0.4) is 0 Å². The van der Waals surface area contributed by atoms with Crippen molar-refractivity contribution in [3.63, 3.8) is 0 Å². The van der Waals surface area contributed by atoms with Crippen LogP contribution in [-0.4, -0.2) is 5.11 Å². The number of nitrogens with two attached hydrogens (primary N) is 1. The smallest absolute Gasteiger partial charge is 0.124 e. The fourth-order valence-corrected chi connectivity index (χ4v) is 2.78. The second kappa shape index (κ2) is 5.31. The summed E-state index contributed by atoms with van der Waals surface area (Å²) in [7, 11) is 0. The van der Waals surface area contributed by atoms with Crippen LogP contribution in [0.25, 0.3) is 0 Å². The zero-order valence-corrected chi connectivity index (χ0v) is 14.5. The van der Waals surface area contributed by atoms with E-state index in [1.54, 1.807) is 0 Å². The maximum atomic E-state index is 10.7. The minimum absolute atomic E-state index is 0.0547. The second-order valence-electron chi connectivity index (χ2n) is 8.75. The summed E-state index contributed by atoms with van der Waals surface area (Å²) in [6.07, 6.45) is 3.57. The molecule has 1 aromatic rings. The summed E-state index contributed by atoms with van der Waals surface area (Å²) in [5, 5.41) is 10.7. The van der Waals surface area contributed by atoms with Crippen LogP contribution < -0.4 is 5.73 Å². The van der Waals surface area contributed by atoms with Gasteiger partial charge >= 0.3 is 0 Å². The Bertz CT molecular complexity index is 516. The highest BCUT2D eigenvalue weighted by Crippen LogP contribution is 2.43. The Hall–Kier alpha value is -1.02. The predicted octanol–water partition coefficient (Wildman–Crippen LogP) is 4.79. The van der Waals surface area contributed by atoms with Crippen LogP contribution in [0.2, 0.25) is 0 Å². The maximum Gasteiger partial charge on any atom is 0.124 e. The number of hydrogen-bond acceptors (Lipinski definition) is 2. The van der Waals surface area contributed by atoms with Crippen molar-refractivity contribution in [1.82, 2.24) is 0 Å². The standard InChI is InChI=1S/C19H31NO/c1-18(2,3)13-10-14(16(20)9-12-7-8-12)17(21)15(11-13)19(4,5)6/h10-12,16,21H,7-9,20H2,1-6H3/t16-/m1/s1. The maximum absolute atomic E-state index is 10.7. The largest absolute Gasteiger partial charge is 0.507 e. The first-order valence-electron chi connectivity index (χ1n) is 8.13. The van der Waals surface area contributed by atoms with E-state index in [-0.39, 0.29) is 16.9 Å². The highest BCUT2D eigenvalue weighted by molar-refractivity contribution is 5.50. The van der Waals surface area contributed by atoms with Gasteiger partial charge in [0.05, 0.1) is 0 Å². The van der Waals surface area contributed by atoms with Gasteiger partial charge in [-0.15, -0.1) is 0 Å². The zero-order chi connectivity index (χ0) is 16.0. The average Bonchev–Trinajstić information content (AvgIpc) is 3.09. The highest BCUT2D eigenvalue weighted by atomic mass is 16.3. The molecule has 0 aliphatic heterocycles. The lowest BCUT2D eigenvalue weighted by Crippen LogP contribution is -2.20. The zero-order valence-electron chi connectivity index (χ0n) is 14.5. The normalized spacial score (nSPS) is 17.9. The van der Waals surface area contributed by atoms with E-state index in [1.165, 1.54) is 18.4 Å². The topological polar surface area (TPSA) is 46.2 Å². The highest BCUT2D eigenvalue weighted by Gasteiger charge is 2.29. The summed E-state index contributed by atoms with van der Waals surface area (Å²) in [6, 6.07) is 4.22. The lowest BCUT2D eigenvalue weighted by atomic mass is 9.78. The number of benzene rings is 1. The molecule has 0 amide bonds. The number of rotatable bonds is 3. The summed E-state index contributed by atoms with van der Waals surface area (Å²) in [6.45, 7) is 13.1. The van der Waals surface area contributed by atoms with Gasteiger partial charge < -0.3 is 10.8 Å². The van der Waals surface area contributed by atoms with Gasteiger partial charge in [0.2, 0.25) is 0 Å². The lowest BCUT2D eigenvalue weighted by molar-refractivity contribution is 0.428. The van der Waals surface area contributed by atoms with Crippen molar-refractivity contribution in [2.24, 2.45) is 11.7 Å². The lowest BCUT2D eigenvalue weighted by Gasteiger charge is -2.29. The van der Waals surface area contributed by atoms with Crippen LogP contribution in [0, 0.1) is 5.92 Å². The first-order chi connectivity index (χ1) is 9.50. The molecule has 0 aromatic heterocycles. The molecule has 0 unspecified atom stereocenters. The van der Waals surface area contributed by atoms with Crippen molar-refractivity contribution in [3.8, 4) is 5.75 Å². The minimum atomic E-state index is -0.0839. The van der Waals surface area contributed by atoms with Gasteiger partial charge in [-0.3, -0.25) is 0 Å². The van der Waals surface area contributed by atoms with Gasteiger partial charge in [-0.25, -0.2) is 0 Å². The summed E-state index contributed by atoms with van der Waals surface area (Å²) in [5.74, 6) is 1.17. The molecule has 2 heteroatoms. The molecule has 2 nitrogen and oxygen atoms in total. The summed E-state index contributed by atoms with van der Waals surface area (Å²) in [4.78, 5) is 0. The molecule has 2 rings (SSSR count). The summed E-state index contributed by atoms with van der Waals surface area (Å²) in [5.41, 5.74) is 9.57. The van der Waals surface area contributed by atoms with Crippen LogP contribution in [-0.2, 0) is 10.8 Å². The molecule has 118 valence electrons. The van der Waals surface area contributed by atoms with Gasteiger partial charge in [-0.1, -0.05) is 60.5 Å². The molecule has 0 heterocycles. The third-order valence-electron chi connectivity index (χ3n) is 4.50. The molecule has 1 aromatic carbocycles. The Kier molecular flexibility index (Phi) is 4.14. The van der Waals surface area contributed by atoms with Gasteiger partial charge in [0, 0.05) is 11.6 Å². The number of phenolic OH excluding ortho intramolecular Hbond substituents is 1. The van der Waals surface area contributed by atoms with Gasteiger partial charge in [0.1, 0.15) is 5.75 Å². The average molecular weight is 289 g/mol. The van der Waals surface area contributed by atoms with E-state index in [1.807, 2.05) is 0 Å². The molecule has 3 N–H and O–H groups in total. The first-order valence-corrected chi connectivity index (χ1v) is 8.13. The van der Waals surface area contributed by atoms with Crippen LogP contribution in [0.15, 0.2) is 12.1 Å². The molecule has 1 atom stereocenters. The number of phenols is 1. The van der Waals surface area contributed by atoms with Crippen molar-refractivity contribution in [1.29, 1.82) is 0 Å².